The highest BCUT2D eigenvalue weighted by Gasteiger charge is 2.21. The summed E-state index contributed by atoms with van der Waals surface area (Å²) in [6.45, 7) is 1.57. The summed E-state index contributed by atoms with van der Waals surface area (Å²) in [6, 6.07) is 4.52. The molecule has 0 bridgehead atoms. The first kappa shape index (κ1) is 13.7. The molecule has 8 heteroatoms. The molecule has 1 heterocycles. The zero-order valence-corrected chi connectivity index (χ0v) is 10.8. The lowest BCUT2D eigenvalue weighted by Crippen LogP contribution is -2.02. The summed E-state index contributed by atoms with van der Waals surface area (Å²) in [5.74, 6) is -0.905. The van der Waals surface area contributed by atoms with Crippen molar-refractivity contribution in [3.8, 4) is 11.6 Å². The van der Waals surface area contributed by atoms with E-state index in [0.717, 1.165) is 6.20 Å². The smallest absolute Gasteiger partial charge is 0.349 e. The van der Waals surface area contributed by atoms with Crippen molar-refractivity contribution < 1.29 is 14.1 Å². The van der Waals surface area contributed by atoms with Gasteiger partial charge < -0.3 is 10.1 Å². The van der Waals surface area contributed by atoms with Gasteiger partial charge in [-0.3, -0.25) is 10.1 Å². The van der Waals surface area contributed by atoms with Gasteiger partial charge in [-0.05, 0) is 18.6 Å². The first-order chi connectivity index (χ1) is 9.52. The van der Waals surface area contributed by atoms with Crippen molar-refractivity contribution in [2.24, 2.45) is 0 Å². The van der Waals surface area contributed by atoms with Crippen molar-refractivity contribution in [1.82, 2.24) is 9.97 Å². The van der Waals surface area contributed by atoms with E-state index >= 15 is 0 Å². The molecule has 20 heavy (non-hydrogen) atoms. The van der Waals surface area contributed by atoms with Gasteiger partial charge in [0.25, 0.3) is 0 Å². The molecule has 0 unspecified atom stereocenters. The molecule has 0 aliphatic rings. The zero-order chi connectivity index (χ0) is 14.7. The average molecular weight is 278 g/mol. The molecule has 104 valence electrons. The van der Waals surface area contributed by atoms with Gasteiger partial charge in [0.2, 0.25) is 5.95 Å². The fourth-order valence-electron chi connectivity index (χ4n) is 1.48. The molecule has 2 aromatic rings. The number of halogens is 1. The van der Waals surface area contributed by atoms with E-state index in [4.69, 9.17) is 4.74 Å². The van der Waals surface area contributed by atoms with Gasteiger partial charge in [-0.1, -0.05) is 12.1 Å². The first-order valence-corrected chi connectivity index (χ1v) is 5.65. The van der Waals surface area contributed by atoms with Crippen LogP contribution in [0.4, 0.5) is 16.0 Å². The van der Waals surface area contributed by atoms with Gasteiger partial charge in [-0.25, -0.2) is 9.37 Å². The summed E-state index contributed by atoms with van der Waals surface area (Å²) in [7, 11) is 1.55. The summed E-state index contributed by atoms with van der Waals surface area (Å²) in [5, 5.41) is 13.5. The first-order valence-electron chi connectivity index (χ1n) is 5.65. The van der Waals surface area contributed by atoms with Gasteiger partial charge in [0.1, 0.15) is 6.20 Å². The number of aromatic nitrogens is 2. The highest BCUT2D eigenvalue weighted by Crippen LogP contribution is 2.31. The topological polar surface area (TPSA) is 90.2 Å². The average Bonchev–Trinajstić information content (AvgIpc) is 2.43. The van der Waals surface area contributed by atoms with E-state index in [1.807, 2.05) is 0 Å². The summed E-state index contributed by atoms with van der Waals surface area (Å²) < 4.78 is 19.1. The van der Waals surface area contributed by atoms with Crippen LogP contribution in [0.25, 0.3) is 0 Å². The van der Waals surface area contributed by atoms with E-state index in [2.05, 4.69) is 15.3 Å². The second-order valence-corrected chi connectivity index (χ2v) is 3.88. The number of anilines is 1. The highest BCUT2D eigenvalue weighted by molar-refractivity contribution is 5.45. The maximum Gasteiger partial charge on any atom is 0.349 e. The van der Waals surface area contributed by atoms with Gasteiger partial charge in [0.15, 0.2) is 11.6 Å². The Bertz CT molecular complexity index is 663. The Kier molecular flexibility index (Phi) is 3.74. The zero-order valence-electron chi connectivity index (χ0n) is 10.8. The summed E-state index contributed by atoms with van der Waals surface area (Å²) >= 11 is 0. The third kappa shape index (κ3) is 2.63. The summed E-state index contributed by atoms with van der Waals surface area (Å²) in [4.78, 5) is 17.8. The van der Waals surface area contributed by atoms with Gasteiger partial charge in [-0.2, -0.15) is 4.98 Å². The van der Waals surface area contributed by atoms with Crippen molar-refractivity contribution in [2.75, 3.05) is 12.4 Å². The van der Waals surface area contributed by atoms with E-state index in [-0.39, 0.29) is 17.6 Å². The lowest BCUT2D eigenvalue weighted by molar-refractivity contribution is -0.386. The molecule has 1 aromatic carbocycles. The van der Waals surface area contributed by atoms with Crippen molar-refractivity contribution in [2.45, 2.75) is 6.92 Å². The van der Waals surface area contributed by atoms with E-state index in [0.29, 0.717) is 5.56 Å². The number of nitro groups is 1. The largest absolute Gasteiger partial charge is 0.430 e. The monoisotopic (exact) mass is 278 g/mol. The predicted octanol–water partition coefficient (Wildman–Crippen LogP) is 2.67. The minimum absolute atomic E-state index is 0.131. The molecule has 0 spiro atoms. The van der Waals surface area contributed by atoms with Crippen molar-refractivity contribution >= 4 is 11.6 Å². The van der Waals surface area contributed by atoms with Crippen molar-refractivity contribution in [1.29, 1.82) is 0 Å². The third-order valence-corrected chi connectivity index (χ3v) is 2.52. The van der Waals surface area contributed by atoms with E-state index in [1.165, 1.54) is 6.07 Å². The fourth-order valence-corrected chi connectivity index (χ4v) is 1.48. The molecule has 0 atom stereocenters. The van der Waals surface area contributed by atoms with Crippen LogP contribution in [0.15, 0.2) is 24.4 Å². The second-order valence-electron chi connectivity index (χ2n) is 3.88. The number of rotatable bonds is 4. The lowest BCUT2D eigenvalue weighted by atomic mass is 10.2. The molecule has 0 fully saturated rings. The van der Waals surface area contributed by atoms with Crippen LogP contribution in [0.5, 0.6) is 11.6 Å². The van der Waals surface area contributed by atoms with Gasteiger partial charge in [0.05, 0.1) is 4.92 Å². The van der Waals surface area contributed by atoms with Crippen LogP contribution >= 0.6 is 0 Å². The Morgan fingerprint density at radius 3 is 2.85 bits per heavy atom. The number of nitrogens with zero attached hydrogens (tertiary/aromatic N) is 3. The fraction of sp³-hybridized carbons (Fsp3) is 0.167. The van der Waals surface area contributed by atoms with E-state index in [9.17, 15) is 14.5 Å². The summed E-state index contributed by atoms with van der Waals surface area (Å²) in [5.41, 5.74) is -0.0713. The maximum atomic E-state index is 13.8. The molecule has 1 aromatic heterocycles. The van der Waals surface area contributed by atoms with Crippen LogP contribution in [0, 0.1) is 22.9 Å². The van der Waals surface area contributed by atoms with Gasteiger partial charge in [0, 0.05) is 7.05 Å². The Hall–Kier alpha value is -2.77. The molecule has 1 N–H and O–H groups in total. The molecule has 0 saturated heterocycles. The Labute approximate surface area is 113 Å². The number of aryl methyl sites for hydroxylation is 1. The quantitative estimate of drug-likeness (QED) is 0.683. The molecule has 0 aliphatic carbocycles. The number of benzene rings is 1. The van der Waals surface area contributed by atoms with Crippen LogP contribution < -0.4 is 10.1 Å². The number of hydrogen-bond donors (Lipinski definition) is 1. The summed E-state index contributed by atoms with van der Waals surface area (Å²) in [6.07, 6.45) is 1.00. The number of ether oxygens (including phenoxy) is 1. The second kappa shape index (κ2) is 5.47. The lowest BCUT2D eigenvalue weighted by Gasteiger charge is -2.08. The van der Waals surface area contributed by atoms with E-state index in [1.54, 1.807) is 26.1 Å². The van der Waals surface area contributed by atoms with Crippen LogP contribution in [0.1, 0.15) is 5.56 Å². The molecular weight excluding hydrogens is 267 g/mol. The minimum Gasteiger partial charge on any atom is -0.430 e. The van der Waals surface area contributed by atoms with Crippen LogP contribution in [-0.4, -0.2) is 21.9 Å². The van der Waals surface area contributed by atoms with Crippen molar-refractivity contribution in [3.63, 3.8) is 0 Å². The van der Waals surface area contributed by atoms with Crippen molar-refractivity contribution in [3.05, 3.63) is 45.9 Å². The molecular formula is C12H11FN4O3. The molecule has 0 amide bonds. The number of hydrogen-bond acceptors (Lipinski definition) is 6. The molecule has 0 aliphatic heterocycles. The maximum absolute atomic E-state index is 13.8. The Morgan fingerprint density at radius 2 is 2.20 bits per heavy atom. The Balaban J connectivity index is 2.46. The van der Waals surface area contributed by atoms with Gasteiger partial charge >= 0.3 is 11.6 Å². The molecule has 7 nitrogen and oxygen atoms in total. The van der Waals surface area contributed by atoms with Crippen LogP contribution in [-0.2, 0) is 0 Å². The van der Waals surface area contributed by atoms with Gasteiger partial charge in [-0.15, -0.1) is 0 Å². The SMILES string of the molecule is CNc1ncc([N+](=O)[O-])c(Oc2cccc(C)c2F)n1. The van der Waals surface area contributed by atoms with Crippen LogP contribution in [0.3, 0.4) is 0 Å². The number of nitrogens with one attached hydrogen (secondary N) is 1. The molecule has 0 saturated carbocycles. The highest BCUT2D eigenvalue weighted by atomic mass is 19.1. The molecule has 2 rings (SSSR count). The molecule has 0 radical (unpaired) electrons. The standard InChI is InChI=1S/C12H11FN4O3/c1-7-4-3-5-9(10(7)13)20-11-8(17(18)19)6-15-12(14-2)16-11/h3-6H,1-2H3,(H,14,15,16). The normalized spacial score (nSPS) is 10.2. The van der Waals surface area contributed by atoms with Crippen LogP contribution in [0.2, 0.25) is 0 Å². The predicted molar refractivity (Wildman–Crippen MR) is 69.4 cm³/mol. The van der Waals surface area contributed by atoms with E-state index < -0.39 is 16.4 Å². The third-order valence-electron chi connectivity index (χ3n) is 2.52. The Morgan fingerprint density at radius 1 is 1.45 bits per heavy atom. The minimum atomic E-state index is -0.692.